The van der Waals surface area contributed by atoms with E-state index in [1.54, 1.807) is 0 Å². The molecule has 2 aromatic rings. The average Bonchev–Trinajstić information content (AvgIpc) is 2.73. The van der Waals surface area contributed by atoms with Gasteiger partial charge >= 0.3 is 5.97 Å². The van der Waals surface area contributed by atoms with E-state index in [9.17, 15) is 9.59 Å². The first-order chi connectivity index (χ1) is 14.4. The molecule has 154 valence electrons. The lowest BCUT2D eigenvalue weighted by Crippen LogP contribution is -2.36. The van der Waals surface area contributed by atoms with Crippen LogP contribution in [0.5, 0.6) is 0 Å². The number of ketones is 1. The number of methoxy groups -OCH3 is 1. The molecule has 0 spiro atoms. The second-order valence-electron chi connectivity index (χ2n) is 7.97. The number of nitrogens with one attached hydrogen (secondary N) is 1. The molecule has 1 heterocycles. The smallest absolute Gasteiger partial charge is 0.336 e. The van der Waals surface area contributed by atoms with Crippen LogP contribution in [0, 0.1) is 6.92 Å². The number of hydrogen-bond acceptors (Lipinski definition) is 4. The van der Waals surface area contributed by atoms with Gasteiger partial charge in [0.2, 0.25) is 0 Å². The van der Waals surface area contributed by atoms with Gasteiger partial charge in [-0.25, -0.2) is 4.79 Å². The highest BCUT2D eigenvalue weighted by molar-refractivity contribution is 6.30. The number of carbonyl (C=O) groups excluding carboxylic acids is 2. The molecular formula is C25H24ClNO3. The van der Waals surface area contributed by atoms with Gasteiger partial charge in [-0.1, -0.05) is 53.6 Å². The normalized spacial score (nSPS) is 21.3. The summed E-state index contributed by atoms with van der Waals surface area (Å²) < 4.78 is 5.07. The van der Waals surface area contributed by atoms with Crippen LogP contribution in [0.1, 0.15) is 48.3 Å². The number of ether oxygens (including phenoxy) is 1. The maximum Gasteiger partial charge on any atom is 0.336 e. The first-order valence-electron chi connectivity index (χ1n) is 10.0. The van der Waals surface area contributed by atoms with Gasteiger partial charge in [-0.3, -0.25) is 4.79 Å². The van der Waals surface area contributed by atoms with Crippen molar-refractivity contribution in [2.24, 2.45) is 0 Å². The van der Waals surface area contributed by atoms with E-state index >= 15 is 0 Å². The summed E-state index contributed by atoms with van der Waals surface area (Å²) in [4.78, 5) is 26.1. The molecule has 4 nitrogen and oxygen atoms in total. The van der Waals surface area contributed by atoms with Crippen molar-refractivity contribution in [2.75, 3.05) is 7.11 Å². The Labute approximate surface area is 181 Å². The van der Waals surface area contributed by atoms with Gasteiger partial charge < -0.3 is 10.1 Å². The topological polar surface area (TPSA) is 55.4 Å². The van der Waals surface area contributed by atoms with E-state index in [0.717, 1.165) is 28.1 Å². The molecule has 0 fully saturated rings. The zero-order valence-corrected chi connectivity index (χ0v) is 18.0. The number of Topliss-reactive ketones (excluding diaryl/α,β-unsaturated/α-hetero) is 1. The highest BCUT2D eigenvalue weighted by Gasteiger charge is 2.41. The Morgan fingerprint density at radius 1 is 1.00 bits per heavy atom. The summed E-state index contributed by atoms with van der Waals surface area (Å²) in [6.07, 6.45) is 1.11. The first-order valence-corrected chi connectivity index (χ1v) is 10.4. The Kier molecular flexibility index (Phi) is 5.52. The minimum Gasteiger partial charge on any atom is -0.466 e. The molecule has 0 amide bonds. The van der Waals surface area contributed by atoms with E-state index in [-0.39, 0.29) is 11.7 Å². The molecular weight excluding hydrogens is 398 g/mol. The quantitative estimate of drug-likeness (QED) is 0.693. The molecule has 0 bridgehead atoms. The van der Waals surface area contributed by atoms with E-state index in [4.69, 9.17) is 16.3 Å². The van der Waals surface area contributed by atoms with Crippen LogP contribution in [0.25, 0.3) is 0 Å². The van der Waals surface area contributed by atoms with E-state index < -0.39 is 11.9 Å². The van der Waals surface area contributed by atoms with Crippen molar-refractivity contribution in [1.82, 2.24) is 5.32 Å². The summed E-state index contributed by atoms with van der Waals surface area (Å²) in [6, 6.07) is 15.7. The first kappa shape index (κ1) is 20.4. The fourth-order valence-electron chi connectivity index (χ4n) is 4.48. The highest BCUT2D eigenvalue weighted by atomic mass is 35.5. The summed E-state index contributed by atoms with van der Waals surface area (Å²) in [6.45, 7) is 3.88. The van der Waals surface area contributed by atoms with Crippen LogP contribution in [0.2, 0.25) is 5.02 Å². The molecule has 4 rings (SSSR count). The Hall–Kier alpha value is -2.85. The molecule has 30 heavy (non-hydrogen) atoms. The van der Waals surface area contributed by atoms with E-state index in [0.29, 0.717) is 29.0 Å². The van der Waals surface area contributed by atoms with Crippen molar-refractivity contribution >= 4 is 23.4 Å². The van der Waals surface area contributed by atoms with Gasteiger partial charge in [0.25, 0.3) is 0 Å². The molecule has 0 unspecified atom stereocenters. The lowest BCUT2D eigenvalue weighted by atomic mass is 9.71. The van der Waals surface area contributed by atoms with Crippen LogP contribution in [0.3, 0.4) is 0 Å². The lowest BCUT2D eigenvalue weighted by molar-refractivity contribution is -0.136. The summed E-state index contributed by atoms with van der Waals surface area (Å²) in [5, 5.41) is 4.03. The summed E-state index contributed by atoms with van der Waals surface area (Å²) in [5.74, 6) is -0.701. The minimum atomic E-state index is -0.423. The van der Waals surface area contributed by atoms with Crippen LogP contribution in [-0.2, 0) is 14.3 Å². The largest absolute Gasteiger partial charge is 0.466 e. The van der Waals surface area contributed by atoms with Crippen LogP contribution in [0.15, 0.2) is 71.1 Å². The number of carbonyl (C=O) groups is 2. The fourth-order valence-corrected chi connectivity index (χ4v) is 4.61. The summed E-state index contributed by atoms with van der Waals surface area (Å²) in [7, 11) is 1.37. The Bertz CT molecular complexity index is 1060. The third kappa shape index (κ3) is 3.68. The van der Waals surface area contributed by atoms with Crippen molar-refractivity contribution < 1.29 is 14.3 Å². The number of hydrogen-bond donors (Lipinski definition) is 1. The van der Waals surface area contributed by atoms with E-state index in [2.05, 4.69) is 5.32 Å². The van der Waals surface area contributed by atoms with Gasteiger partial charge in [0.15, 0.2) is 5.78 Å². The van der Waals surface area contributed by atoms with E-state index in [1.165, 1.54) is 7.11 Å². The molecule has 0 aromatic heterocycles. The number of benzene rings is 2. The van der Waals surface area contributed by atoms with Crippen LogP contribution >= 0.6 is 11.6 Å². The number of allylic oxidation sites excluding steroid dienone is 3. The predicted molar refractivity (Wildman–Crippen MR) is 117 cm³/mol. The van der Waals surface area contributed by atoms with E-state index in [1.807, 2.05) is 62.4 Å². The fraction of sp³-hybridized carbons (Fsp3) is 0.280. The third-order valence-corrected chi connectivity index (χ3v) is 6.24. The van der Waals surface area contributed by atoms with Gasteiger partial charge in [-0.2, -0.15) is 0 Å². The average molecular weight is 422 g/mol. The van der Waals surface area contributed by atoms with Crippen molar-refractivity contribution in [3.63, 3.8) is 0 Å². The molecule has 5 heteroatoms. The number of rotatable bonds is 3. The van der Waals surface area contributed by atoms with Crippen molar-refractivity contribution in [3.8, 4) is 0 Å². The number of esters is 1. The molecule has 0 saturated heterocycles. The highest BCUT2D eigenvalue weighted by Crippen LogP contribution is 2.45. The number of aryl methyl sites for hydroxylation is 1. The molecule has 2 aliphatic rings. The molecule has 2 atom stereocenters. The Balaban J connectivity index is 1.79. The second-order valence-corrected chi connectivity index (χ2v) is 8.41. The molecule has 2 aromatic carbocycles. The molecule has 0 radical (unpaired) electrons. The van der Waals surface area contributed by atoms with Crippen LogP contribution < -0.4 is 5.32 Å². The predicted octanol–water partition coefficient (Wildman–Crippen LogP) is 5.18. The second kappa shape index (κ2) is 8.11. The standard InChI is InChI=1S/C25H24ClNO3/c1-14-4-6-17(7-5-14)23-22(25(29)30-3)15(2)27-20-12-18(13-21(28)24(20)23)16-8-10-19(26)11-9-16/h4-11,18,23,27H,12-13H2,1-3H3/t18-,23+/m1/s1. The molecule has 0 saturated carbocycles. The monoisotopic (exact) mass is 421 g/mol. The van der Waals surface area contributed by atoms with Crippen LogP contribution in [-0.4, -0.2) is 18.9 Å². The van der Waals surface area contributed by atoms with Gasteiger partial charge in [0.05, 0.1) is 12.7 Å². The molecule has 1 aliphatic heterocycles. The SMILES string of the molecule is COC(=O)C1=C(C)NC2=C(C(=O)C[C@H](c3ccc(Cl)cc3)C2)[C@H]1c1ccc(C)cc1. The lowest BCUT2D eigenvalue weighted by Gasteiger charge is -2.36. The zero-order chi connectivity index (χ0) is 21.4. The van der Waals surface area contributed by atoms with Crippen molar-refractivity contribution in [1.29, 1.82) is 0 Å². The minimum absolute atomic E-state index is 0.0585. The molecule has 1 aliphatic carbocycles. The maximum absolute atomic E-state index is 13.4. The number of dihydropyridines is 1. The Morgan fingerprint density at radius 2 is 1.63 bits per heavy atom. The number of halogens is 1. The Morgan fingerprint density at radius 3 is 2.27 bits per heavy atom. The van der Waals surface area contributed by atoms with Gasteiger partial charge in [0, 0.05) is 34.3 Å². The van der Waals surface area contributed by atoms with Gasteiger partial charge in [0.1, 0.15) is 0 Å². The van der Waals surface area contributed by atoms with Crippen molar-refractivity contribution in [2.45, 2.75) is 38.5 Å². The molecule has 1 N–H and O–H groups in total. The zero-order valence-electron chi connectivity index (χ0n) is 17.3. The summed E-state index contributed by atoms with van der Waals surface area (Å²) in [5.41, 5.74) is 5.94. The van der Waals surface area contributed by atoms with Gasteiger partial charge in [-0.15, -0.1) is 0 Å². The maximum atomic E-state index is 13.4. The van der Waals surface area contributed by atoms with Crippen molar-refractivity contribution in [3.05, 3.63) is 92.8 Å². The van der Waals surface area contributed by atoms with Crippen LogP contribution in [0.4, 0.5) is 0 Å². The summed E-state index contributed by atoms with van der Waals surface area (Å²) >= 11 is 6.03. The third-order valence-electron chi connectivity index (χ3n) is 5.98. The van der Waals surface area contributed by atoms with Gasteiger partial charge in [-0.05, 0) is 49.4 Å².